The van der Waals surface area contributed by atoms with Gasteiger partial charge in [0.05, 0.1) is 27.3 Å². The second kappa shape index (κ2) is 9.40. The second-order valence-electron chi connectivity index (χ2n) is 12.0. The average molecular weight is 588 g/mol. The number of benzene rings is 7. The molecule has 214 valence electrons. The van der Waals surface area contributed by atoms with Crippen LogP contribution in [-0.2, 0) is 0 Å². The molecule has 3 nitrogen and oxygen atoms in total. The van der Waals surface area contributed by atoms with E-state index in [2.05, 4.69) is 114 Å². The average Bonchev–Trinajstić information content (AvgIpc) is 3.64. The Balaban J connectivity index is 1.14. The molecule has 3 heteroatoms. The summed E-state index contributed by atoms with van der Waals surface area (Å²) in [5.41, 5.74) is 11.5. The minimum Gasteiger partial charge on any atom is -0.455 e. The van der Waals surface area contributed by atoms with Crippen molar-refractivity contribution in [1.82, 2.24) is 4.40 Å². The van der Waals surface area contributed by atoms with Crippen molar-refractivity contribution in [3.05, 3.63) is 162 Å². The molecule has 0 bridgehead atoms. The van der Waals surface area contributed by atoms with E-state index in [9.17, 15) is 4.79 Å². The first-order valence-electron chi connectivity index (χ1n) is 15.6. The lowest BCUT2D eigenvalue weighted by atomic mass is 9.94. The van der Waals surface area contributed by atoms with Crippen LogP contribution in [0.1, 0.15) is 0 Å². The van der Waals surface area contributed by atoms with Gasteiger partial charge in [-0.05, 0) is 70.3 Å². The number of aromatic nitrogens is 1. The van der Waals surface area contributed by atoms with Crippen molar-refractivity contribution >= 4 is 60.0 Å². The highest BCUT2D eigenvalue weighted by molar-refractivity contribution is 6.25. The van der Waals surface area contributed by atoms with Crippen LogP contribution in [0.4, 0.5) is 0 Å². The van der Waals surface area contributed by atoms with Gasteiger partial charge in [-0.25, -0.2) is 0 Å². The second-order valence-corrected chi connectivity index (χ2v) is 12.0. The van der Waals surface area contributed by atoms with Crippen molar-refractivity contribution in [1.29, 1.82) is 0 Å². The van der Waals surface area contributed by atoms with E-state index in [-0.39, 0.29) is 5.43 Å². The van der Waals surface area contributed by atoms with Gasteiger partial charge in [0, 0.05) is 27.1 Å². The molecule has 0 fully saturated rings. The van der Waals surface area contributed by atoms with Crippen LogP contribution in [0.3, 0.4) is 0 Å². The summed E-state index contributed by atoms with van der Waals surface area (Å²) >= 11 is 0. The van der Waals surface area contributed by atoms with Crippen LogP contribution >= 0.6 is 0 Å². The summed E-state index contributed by atoms with van der Waals surface area (Å²) in [5, 5.41) is 6.32. The van der Waals surface area contributed by atoms with Crippen molar-refractivity contribution in [2.24, 2.45) is 0 Å². The first-order chi connectivity index (χ1) is 22.7. The van der Waals surface area contributed by atoms with E-state index in [0.29, 0.717) is 21.9 Å². The van der Waals surface area contributed by atoms with Gasteiger partial charge in [-0.1, -0.05) is 109 Å². The highest BCUT2D eigenvalue weighted by atomic mass is 16.3. The third-order valence-electron chi connectivity index (χ3n) is 9.53. The number of fused-ring (bicyclic) bond motifs is 8. The molecular formula is C43H25NO2. The Morgan fingerprint density at radius 3 is 1.85 bits per heavy atom. The summed E-state index contributed by atoms with van der Waals surface area (Å²) in [7, 11) is 0. The predicted molar refractivity (Wildman–Crippen MR) is 191 cm³/mol. The minimum absolute atomic E-state index is 0.00615. The molecule has 0 N–H and O–H groups in total. The summed E-state index contributed by atoms with van der Waals surface area (Å²) in [6, 6.07) is 52.6. The number of hydrogen-bond donors (Lipinski definition) is 0. The summed E-state index contributed by atoms with van der Waals surface area (Å²) in [6.07, 6.45) is 0. The van der Waals surface area contributed by atoms with Gasteiger partial charge in [0.1, 0.15) is 11.2 Å². The fraction of sp³-hybridized carbons (Fsp3) is 0. The Morgan fingerprint density at radius 2 is 1.00 bits per heavy atom. The van der Waals surface area contributed by atoms with Crippen molar-refractivity contribution in [3.63, 3.8) is 0 Å². The van der Waals surface area contributed by atoms with Crippen LogP contribution in [-0.4, -0.2) is 4.40 Å². The van der Waals surface area contributed by atoms with E-state index in [1.807, 2.05) is 42.5 Å². The zero-order valence-corrected chi connectivity index (χ0v) is 24.7. The SMILES string of the molecule is O=c1c2ccccc2oc2c(-c3cccc(-c4cccc(-c5cccc6c5c5cccc7c8ccccc8n6c75)c4)c3)cccc12. The monoisotopic (exact) mass is 587 g/mol. The van der Waals surface area contributed by atoms with Crippen LogP contribution in [0, 0.1) is 0 Å². The van der Waals surface area contributed by atoms with Gasteiger partial charge in [-0.15, -0.1) is 0 Å². The van der Waals surface area contributed by atoms with Crippen LogP contribution in [0.2, 0.25) is 0 Å². The van der Waals surface area contributed by atoms with Crippen molar-refractivity contribution in [2.75, 3.05) is 0 Å². The Labute approximate surface area is 263 Å². The number of hydrogen-bond acceptors (Lipinski definition) is 2. The maximum Gasteiger partial charge on any atom is 0.200 e. The minimum atomic E-state index is -0.00615. The quantitative estimate of drug-likeness (QED) is 0.193. The van der Waals surface area contributed by atoms with E-state index in [0.717, 1.165) is 22.3 Å². The molecule has 0 amide bonds. The van der Waals surface area contributed by atoms with Crippen LogP contribution in [0.15, 0.2) is 161 Å². The Bertz CT molecular complexity index is 2890. The van der Waals surface area contributed by atoms with Gasteiger partial charge in [0.25, 0.3) is 0 Å². The maximum atomic E-state index is 13.3. The lowest BCUT2D eigenvalue weighted by Gasteiger charge is -2.11. The van der Waals surface area contributed by atoms with E-state index in [1.54, 1.807) is 0 Å². The molecule has 0 aliphatic carbocycles. The molecule has 0 unspecified atom stereocenters. The smallest absolute Gasteiger partial charge is 0.200 e. The molecule has 3 aromatic heterocycles. The topological polar surface area (TPSA) is 34.6 Å². The molecular weight excluding hydrogens is 562 g/mol. The zero-order chi connectivity index (χ0) is 30.4. The van der Waals surface area contributed by atoms with Crippen molar-refractivity contribution < 1.29 is 4.42 Å². The molecule has 46 heavy (non-hydrogen) atoms. The third kappa shape index (κ3) is 3.45. The summed E-state index contributed by atoms with van der Waals surface area (Å²) < 4.78 is 8.77. The van der Waals surface area contributed by atoms with E-state index in [4.69, 9.17) is 4.42 Å². The van der Waals surface area contributed by atoms with Crippen molar-refractivity contribution in [2.45, 2.75) is 0 Å². The van der Waals surface area contributed by atoms with E-state index in [1.165, 1.54) is 49.2 Å². The molecule has 0 aliphatic rings. The highest BCUT2D eigenvalue weighted by Crippen LogP contribution is 2.43. The lowest BCUT2D eigenvalue weighted by molar-refractivity contribution is 0.661. The summed E-state index contributed by atoms with van der Waals surface area (Å²) in [4.78, 5) is 13.3. The molecule has 0 spiro atoms. The normalized spacial score (nSPS) is 12.0. The van der Waals surface area contributed by atoms with E-state index < -0.39 is 0 Å². The van der Waals surface area contributed by atoms with Crippen LogP contribution in [0.5, 0.6) is 0 Å². The van der Waals surface area contributed by atoms with Crippen LogP contribution in [0.25, 0.3) is 93.4 Å². The van der Waals surface area contributed by atoms with Gasteiger partial charge in [0.2, 0.25) is 5.43 Å². The van der Waals surface area contributed by atoms with Gasteiger partial charge in [-0.2, -0.15) is 0 Å². The molecule has 0 radical (unpaired) electrons. The summed E-state index contributed by atoms with van der Waals surface area (Å²) in [6.45, 7) is 0. The first-order valence-corrected chi connectivity index (χ1v) is 15.6. The highest BCUT2D eigenvalue weighted by Gasteiger charge is 2.19. The standard InChI is InChI=1S/C43H25NO2/c45-42-34-15-2-4-23-39(34)46-43-31(17-7-20-36(42)43)29-13-6-11-27(25-29)26-10-5-12-28(24-26)30-16-9-22-38-40(30)35-19-8-18-33-32-14-1-3-21-37(32)44(38)41(33)35/h1-25H. The number of rotatable bonds is 3. The van der Waals surface area contributed by atoms with Crippen LogP contribution < -0.4 is 5.43 Å². The van der Waals surface area contributed by atoms with Gasteiger partial charge < -0.3 is 8.82 Å². The largest absolute Gasteiger partial charge is 0.455 e. The zero-order valence-electron chi connectivity index (χ0n) is 24.7. The molecule has 0 saturated heterocycles. The van der Waals surface area contributed by atoms with Gasteiger partial charge in [0.15, 0.2) is 0 Å². The van der Waals surface area contributed by atoms with E-state index >= 15 is 0 Å². The maximum absolute atomic E-state index is 13.3. The number of nitrogens with zero attached hydrogens (tertiary/aromatic N) is 1. The van der Waals surface area contributed by atoms with Gasteiger partial charge >= 0.3 is 0 Å². The molecule has 0 saturated carbocycles. The predicted octanol–water partition coefficient (Wildman–Crippen LogP) is 11.1. The molecule has 10 rings (SSSR count). The summed E-state index contributed by atoms with van der Waals surface area (Å²) in [5.74, 6) is 0. The molecule has 0 atom stereocenters. The lowest BCUT2D eigenvalue weighted by Crippen LogP contribution is -2.02. The Morgan fingerprint density at radius 1 is 0.435 bits per heavy atom. The first kappa shape index (κ1) is 25.2. The Hall–Kier alpha value is -6.19. The van der Waals surface area contributed by atoms with Crippen molar-refractivity contribution in [3.8, 4) is 33.4 Å². The fourth-order valence-corrected chi connectivity index (χ4v) is 7.50. The fourth-order valence-electron chi connectivity index (χ4n) is 7.50. The number of para-hydroxylation sites is 4. The third-order valence-corrected chi connectivity index (χ3v) is 9.53. The molecule has 3 heterocycles. The Kier molecular flexibility index (Phi) is 5.15. The molecule has 7 aromatic carbocycles. The molecule has 0 aliphatic heterocycles. The molecule has 10 aromatic rings. The van der Waals surface area contributed by atoms with Gasteiger partial charge in [-0.3, -0.25) is 4.79 Å².